The Labute approximate surface area is 79.7 Å². The third-order valence-corrected chi connectivity index (χ3v) is 2.93. The maximum absolute atomic E-state index is 11.1. The summed E-state index contributed by atoms with van der Waals surface area (Å²) in [5, 5.41) is 9.00. The molecule has 0 amide bonds. The van der Waals surface area contributed by atoms with Crippen molar-refractivity contribution in [3.63, 3.8) is 0 Å². The number of alkyl halides is 1. The van der Waals surface area contributed by atoms with Crippen LogP contribution in [0, 0.1) is 0 Å². The van der Waals surface area contributed by atoms with Crippen molar-refractivity contribution in [1.29, 1.82) is 0 Å². The number of carbonyl (C=O) groups excluding carboxylic acids is 2. The molecular formula is C6H4Br2O3. The van der Waals surface area contributed by atoms with Crippen molar-refractivity contribution >= 4 is 43.4 Å². The number of hydrogen-bond acceptors (Lipinski definition) is 3. The van der Waals surface area contributed by atoms with Gasteiger partial charge in [0, 0.05) is 0 Å². The summed E-state index contributed by atoms with van der Waals surface area (Å²) in [5.41, 5.74) is 0. The highest BCUT2D eigenvalue weighted by Crippen LogP contribution is 2.36. The van der Waals surface area contributed by atoms with Crippen molar-refractivity contribution in [3.05, 3.63) is 10.2 Å². The molecule has 0 unspecified atom stereocenters. The van der Waals surface area contributed by atoms with Crippen molar-refractivity contribution in [2.75, 3.05) is 0 Å². The summed E-state index contributed by atoms with van der Waals surface area (Å²) >= 11 is 5.74. The van der Waals surface area contributed by atoms with E-state index in [4.69, 9.17) is 5.11 Å². The Balaban J connectivity index is 3.24. The van der Waals surface area contributed by atoms with Crippen molar-refractivity contribution in [2.24, 2.45) is 0 Å². The number of halogens is 2. The summed E-state index contributed by atoms with van der Waals surface area (Å²) < 4.78 is -1.34. The summed E-state index contributed by atoms with van der Waals surface area (Å²) in [6.45, 7) is 1.40. The molecule has 0 aromatic rings. The van der Waals surface area contributed by atoms with E-state index in [9.17, 15) is 9.59 Å². The normalized spacial score (nSPS) is 31.9. The topological polar surface area (TPSA) is 54.4 Å². The van der Waals surface area contributed by atoms with Crippen molar-refractivity contribution < 1.29 is 14.7 Å². The molecule has 0 aromatic carbocycles. The van der Waals surface area contributed by atoms with E-state index in [-0.39, 0.29) is 4.48 Å². The molecule has 0 bridgehead atoms. The average Bonchev–Trinajstić information content (AvgIpc) is 2.06. The Morgan fingerprint density at radius 3 is 1.91 bits per heavy atom. The molecule has 60 valence electrons. The Morgan fingerprint density at radius 2 is 1.82 bits per heavy atom. The van der Waals surface area contributed by atoms with E-state index >= 15 is 0 Å². The second-order valence-electron chi connectivity index (χ2n) is 2.32. The lowest BCUT2D eigenvalue weighted by Gasteiger charge is -2.08. The van der Waals surface area contributed by atoms with Crippen LogP contribution >= 0.6 is 31.9 Å². The predicted molar refractivity (Wildman–Crippen MR) is 45.9 cm³/mol. The standard InChI is InChI=1S/C6H4Br2O3/c1-6(8)4(10)2(7)3(9)5(6)11/h9H,1H3/t6-/m1/s1. The van der Waals surface area contributed by atoms with Crippen LogP contribution in [0.15, 0.2) is 10.2 Å². The molecule has 1 atom stereocenters. The first-order valence-electron chi connectivity index (χ1n) is 2.76. The monoisotopic (exact) mass is 282 g/mol. The number of carbonyl (C=O) groups is 2. The van der Waals surface area contributed by atoms with Gasteiger partial charge in [0.25, 0.3) is 0 Å². The zero-order chi connectivity index (χ0) is 8.81. The third kappa shape index (κ3) is 1.06. The fraction of sp³-hybridized carbons (Fsp3) is 0.333. The number of rotatable bonds is 0. The SMILES string of the molecule is C[C@]1(Br)C(=O)C(O)=C(Br)C1=O. The molecule has 0 aliphatic heterocycles. The summed E-state index contributed by atoms with van der Waals surface area (Å²) in [5.74, 6) is -1.55. The lowest BCUT2D eigenvalue weighted by Crippen LogP contribution is -2.31. The summed E-state index contributed by atoms with van der Waals surface area (Å²) in [6, 6.07) is 0. The highest BCUT2D eigenvalue weighted by atomic mass is 79.9. The molecule has 1 N–H and O–H groups in total. The number of ketones is 2. The minimum Gasteiger partial charge on any atom is -0.503 e. The van der Waals surface area contributed by atoms with Crippen LogP contribution < -0.4 is 0 Å². The van der Waals surface area contributed by atoms with Gasteiger partial charge in [0.15, 0.2) is 15.9 Å². The van der Waals surface area contributed by atoms with Crippen LogP contribution in [0.3, 0.4) is 0 Å². The molecule has 11 heavy (non-hydrogen) atoms. The summed E-state index contributed by atoms with van der Waals surface area (Å²) in [7, 11) is 0. The first kappa shape index (κ1) is 8.93. The number of allylic oxidation sites excluding steroid dienone is 2. The van der Waals surface area contributed by atoms with Crippen LogP contribution in [0.5, 0.6) is 0 Å². The molecule has 0 radical (unpaired) electrons. The van der Waals surface area contributed by atoms with Crippen LogP contribution in [0.1, 0.15) is 6.92 Å². The number of aliphatic hydroxyl groups excluding tert-OH is 1. The van der Waals surface area contributed by atoms with Crippen molar-refractivity contribution in [1.82, 2.24) is 0 Å². The Kier molecular flexibility index (Phi) is 1.96. The molecular weight excluding hydrogens is 280 g/mol. The molecule has 0 saturated heterocycles. The predicted octanol–water partition coefficient (Wildman–Crippen LogP) is 1.46. The summed E-state index contributed by atoms with van der Waals surface area (Å²) in [4.78, 5) is 22.2. The fourth-order valence-corrected chi connectivity index (χ4v) is 1.97. The Morgan fingerprint density at radius 1 is 1.36 bits per heavy atom. The maximum Gasteiger partial charge on any atom is 0.222 e. The molecule has 1 aliphatic rings. The largest absolute Gasteiger partial charge is 0.503 e. The van der Waals surface area contributed by atoms with Gasteiger partial charge in [-0.1, -0.05) is 15.9 Å². The summed E-state index contributed by atoms with van der Waals surface area (Å²) in [6.07, 6.45) is 0. The third-order valence-electron chi connectivity index (χ3n) is 1.48. The van der Waals surface area contributed by atoms with Crippen LogP contribution in [0.2, 0.25) is 0 Å². The first-order valence-corrected chi connectivity index (χ1v) is 4.35. The number of hydrogen-bond donors (Lipinski definition) is 1. The second kappa shape index (κ2) is 2.42. The minimum atomic E-state index is -1.28. The zero-order valence-electron chi connectivity index (χ0n) is 5.52. The van der Waals surface area contributed by atoms with Gasteiger partial charge in [-0.15, -0.1) is 0 Å². The van der Waals surface area contributed by atoms with Gasteiger partial charge in [0.2, 0.25) is 5.78 Å². The highest BCUT2D eigenvalue weighted by molar-refractivity contribution is 9.12. The van der Waals surface area contributed by atoms with Crippen LogP contribution in [0.25, 0.3) is 0 Å². The molecule has 1 rings (SSSR count). The fourth-order valence-electron chi connectivity index (χ4n) is 0.739. The van der Waals surface area contributed by atoms with Gasteiger partial charge >= 0.3 is 0 Å². The van der Waals surface area contributed by atoms with Crippen LogP contribution in [-0.2, 0) is 9.59 Å². The maximum atomic E-state index is 11.1. The average molecular weight is 284 g/mol. The van der Waals surface area contributed by atoms with E-state index in [1.807, 2.05) is 0 Å². The number of aliphatic hydroxyl groups is 1. The van der Waals surface area contributed by atoms with Gasteiger partial charge < -0.3 is 5.11 Å². The molecule has 5 heteroatoms. The Bertz CT molecular complexity index is 252. The van der Waals surface area contributed by atoms with Gasteiger partial charge in [0.1, 0.15) is 4.48 Å². The van der Waals surface area contributed by atoms with Gasteiger partial charge in [-0.2, -0.15) is 0 Å². The lowest BCUT2D eigenvalue weighted by atomic mass is 10.1. The second-order valence-corrected chi connectivity index (χ2v) is 4.70. The number of Topliss-reactive ketones (excluding diaryl/α,β-unsaturated/α-hetero) is 2. The Hall–Kier alpha value is -0.160. The molecule has 0 heterocycles. The molecule has 0 aromatic heterocycles. The molecule has 0 spiro atoms. The lowest BCUT2D eigenvalue weighted by molar-refractivity contribution is -0.124. The van der Waals surface area contributed by atoms with Crippen LogP contribution in [0.4, 0.5) is 0 Å². The van der Waals surface area contributed by atoms with E-state index in [1.165, 1.54) is 6.92 Å². The van der Waals surface area contributed by atoms with E-state index in [0.29, 0.717) is 0 Å². The van der Waals surface area contributed by atoms with Gasteiger partial charge in [-0.3, -0.25) is 9.59 Å². The van der Waals surface area contributed by atoms with Gasteiger partial charge in [0.05, 0.1) is 0 Å². The first-order chi connectivity index (χ1) is 4.89. The van der Waals surface area contributed by atoms with Crippen molar-refractivity contribution in [2.45, 2.75) is 11.2 Å². The van der Waals surface area contributed by atoms with E-state index in [0.717, 1.165) is 0 Å². The van der Waals surface area contributed by atoms with E-state index < -0.39 is 21.6 Å². The molecule has 1 aliphatic carbocycles. The quantitative estimate of drug-likeness (QED) is 0.541. The van der Waals surface area contributed by atoms with Gasteiger partial charge in [-0.05, 0) is 22.9 Å². The molecule has 0 saturated carbocycles. The molecule has 0 fully saturated rings. The van der Waals surface area contributed by atoms with Crippen LogP contribution in [-0.4, -0.2) is 21.0 Å². The van der Waals surface area contributed by atoms with Crippen molar-refractivity contribution in [3.8, 4) is 0 Å². The van der Waals surface area contributed by atoms with E-state index in [1.54, 1.807) is 0 Å². The smallest absolute Gasteiger partial charge is 0.222 e. The zero-order valence-corrected chi connectivity index (χ0v) is 8.69. The highest BCUT2D eigenvalue weighted by Gasteiger charge is 2.49. The van der Waals surface area contributed by atoms with E-state index in [2.05, 4.69) is 31.9 Å². The van der Waals surface area contributed by atoms with Gasteiger partial charge in [-0.25, -0.2) is 0 Å². The minimum absolute atomic E-state index is 0.0538. The molecule has 3 nitrogen and oxygen atoms in total.